The van der Waals surface area contributed by atoms with Crippen molar-refractivity contribution in [3.05, 3.63) is 47.5 Å². The summed E-state index contributed by atoms with van der Waals surface area (Å²) in [4.78, 5) is 17.2. The molecule has 0 aromatic heterocycles. The number of hydrogen-bond acceptors (Lipinski definition) is 6. The Balaban J connectivity index is 1.52. The van der Waals surface area contributed by atoms with E-state index in [4.69, 9.17) is 14.6 Å². The molecule has 1 atom stereocenters. The van der Waals surface area contributed by atoms with Crippen LogP contribution in [-0.4, -0.2) is 53.1 Å². The standard InChI is InChI=1S/C22H27N3O5S/c1-29-16-5-7-18(21(13-16)30-2)20-4-3-10-24(20)14-22(26)25-11-9-15-12-17(31(23,27)28)6-8-19(15)25/h5-8,12-13,20H,3-4,9-11,14H2,1-2H3,(H2,23,27,28)/t20-/m1/s1. The van der Waals surface area contributed by atoms with Gasteiger partial charge in [-0.15, -0.1) is 0 Å². The van der Waals surface area contributed by atoms with Crippen LogP contribution in [0.1, 0.15) is 30.0 Å². The zero-order chi connectivity index (χ0) is 22.2. The van der Waals surface area contributed by atoms with Gasteiger partial charge in [0.05, 0.1) is 25.7 Å². The zero-order valence-electron chi connectivity index (χ0n) is 17.7. The largest absolute Gasteiger partial charge is 0.497 e. The predicted octanol–water partition coefficient (Wildman–Crippen LogP) is 2.08. The molecule has 0 unspecified atom stereocenters. The minimum Gasteiger partial charge on any atom is -0.497 e. The molecule has 1 amide bonds. The van der Waals surface area contributed by atoms with Crippen LogP contribution in [0, 0.1) is 0 Å². The number of methoxy groups -OCH3 is 2. The number of hydrogen-bond donors (Lipinski definition) is 1. The van der Waals surface area contributed by atoms with Crippen molar-refractivity contribution in [3.8, 4) is 11.5 Å². The van der Waals surface area contributed by atoms with Gasteiger partial charge < -0.3 is 14.4 Å². The molecule has 2 aliphatic heterocycles. The van der Waals surface area contributed by atoms with Crippen molar-refractivity contribution in [2.45, 2.75) is 30.2 Å². The summed E-state index contributed by atoms with van der Waals surface area (Å²) in [7, 11) is -0.504. The second-order valence-corrected chi connectivity index (χ2v) is 9.43. The van der Waals surface area contributed by atoms with Crippen LogP contribution in [0.25, 0.3) is 0 Å². The third-order valence-corrected chi connectivity index (χ3v) is 6.99. The summed E-state index contributed by atoms with van der Waals surface area (Å²) in [5.74, 6) is 1.49. The van der Waals surface area contributed by atoms with Gasteiger partial charge in [-0.3, -0.25) is 9.69 Å². The first kappa shape index (κ1) is 21.6. The van der Waals surface area contributed by atoms with Crippen LogP contribution in [0.15, 0.2) is 41.3 Å². The van der Waals surface area contributed by atoms with Crippen LogP contribution in [0.3, 0.4) is 0 Å². The second kappa shape index (κ2) is 8.49. The fraction of sp³-hybridized carbons (Fsp3) is 0.409. The molecule has 9 heteroatoms. The summed E-state index contributed by atoms with van der Waals surface area (Å²) in [6.45, 7) is 1.65. The predicted molar refractivity (Wildman–Crippen MR) is 117 cm³/mol. The Labute approximate surface area is 182 Å². The van der Waals surface area contributed by atoms with Crippen molar-refractivity contribution < 1.29 is 22.7 Å². The molecule has 2 N–H and O–H groups in total. The van der Waals surface area contributed by atoms with E-state index >= 15 is 0 Å². The van der Waals surface area contributed by atoms with Gasteiger partial charge in [-0.1, -0.05) is 6.07 Å². The van der Waals surface area contributed by atoms with Gasteiger partial charge in [0.15, 0.2) is 0 Å². The first-order valence-electron chi connectivity index (χ1n) is 10.2. The summed E-state index contributed by atoms with van der Waals surface area (Å²) in [5, 5.41) is 5.23. The van der Waals surface area contributed by atoms with Crippen LogP contribution in [0.4, 0.5) is 5.69 Å². The Morgan fingerprint density at radius 3 is 2.65 bits per heavy atom. The fourth-order valence-electron chi connectivity index (χ4n) is 4.53. The van der Waals surface area contributed by atoms with E-state index < -0.39 is 10.0 Å². The van der Waals surface area contributed by atoms with Crippen LogP contribution in [0.5, 0.6) is 11.5 Å². The molecule has 1 saturated heterocycles. The van der Waals surface area contributed by atoms with Crippen molar-refractivity contribution in [2.24, 2.45) is 5.14 Å². The molecule has 8 nitrogen and oxygen atoms in total. The number of primary sulfonamides is 1. The summed E-state index contributed by atoms with van der Waals surface area (Å²) >= 11 is 0. The molecule has 2 aromatic carbocycles. The molecule has 0 spiro atoms. The zero-order valence-corrected chi connectivity index (χ0v) is 18.5. The molecule has 31 heavy (non-hydrogen) atoms. The lowest BCUT2D eigenvalue weighted by Crippen LogP contribution is -2.39. The lowest BCUT2D eigenvalue weighted by Gasteiger charge is -2.28. The fourth-order valence-corrected chi connectivity index (χ4v) is 5.10. The molecule has 0 bridgehead atoms. The van der Waals surface area contributed by atoms with Crippen molar-refractivity contribution in [1.29, 1.82) is 0 Å². The molecule has 2 aliphatic rings. The summed E-state index contributed by atoms with van der Waals surface area (Å²) in [5.41, 5.74) is 2.64. The molecule has 166 valence electrons. The van der Waals surface area contributed by atoms with Gasteiger partial charge in [0, 0.05) is 29.9 Å². The molecule has 2 heterocycles. The second-order valence-electron chi connectivity index (χ2n) is 7.87. The molecule has 0 saturated carbocycles. The van der Waals surface area contributed by atoms with E-state index in [0.29, 0.717) is 13.0 Å². The molecule has 0 radical (unpaired) electrons. The topological polar surface area (TPSA) is 102 Å². The normalized spacial score (nSPS) is 18.8. The molecular weight excluding hydrogens is 418 g/mol. The monoisotopic (exact) mass is 445 g/mol. The minimum atomic E-state index is -3.76. The number of amides is 1. The first-order chi connectivity index (χ1) is 14.8. The molecule has 2 aromatic rings. The van der Waals surface area contributed by atoms with Gasteiger partial charge in [0.1, 0.15) is 11.5 Å². The number of carbonyl (C=O) groups excluding carboxylic acids is 1. The number of carbonyl (C=O) groups is 1. The molecule has 4 rings (SSSR count). The lowest BCUT2D eigenvalue weighted by atomic mass is 10.0. The highest BCUT2D eigenvalue weighted by molar-refractivity contribution is 7.89. The van der Waals surface area contributed by atoms with Crippen LogP contribution < -0.4 is 19.5 Å². The number of rotatable bonds is 6. The number of fused-ring (bicyclic) bond motifs is 1. The quantitative estimate of drug-likeness (QED) is 0.730. The summed E-state index contributed by atoms with van der Waals surface area (Å²) < 4.78 is 34.1. The lowest BCUT2D eigenvalue weighted by molar-refractivity contribution is -0.119. The maximum Gasteiger partial charge on any atom is 0.241 e. The highest BCUT2D eigenvalue weighted by atomic mass is 32.2. The number of anilines is 1. The Bertz CT molecular complexity index is 1100. The SMILES string of the molecule is COc1ccc([C@H]2CCCN2CC(=O)N2CCc3cc(S(N)(=O)=O)ccc32)c(OC)c1. The van der Waals surface area contributed by atoms with Crippen LogP contribution in [-0.2, 0) is 21.2 Å². The van der Waals surface area contributed by atoms with Gasteiger partial charge in [0.25, 0.3) is 0 Å². The van der Waals surface area contributed by atoms with Crippen LogP contribution >= 0.6 is 0 Å². The van der Waals surface area contributed by atoms with E-state index in [9.17, 15) is 13.2 Å². The van der Waals surface area contributed by atoms with Gasteiger partial charge in [-0.05, 0) is 55.6 Å². The third-order valence-electron chi connectivity index (χ3n) is 6.08. The van der Waals surface area contributed by atoms with Gasteiger partial charge in [-0.2, -0.15) is 0 Å². The van der Waals surface area contributed by atoms with Gasteiger partial charge in [-0.25, -0.2) is 13.6 Å². The van der Waals surface area contributed by atoms with Crippen LogP contribution in [0.2, 0.25) is 0 Å². The van der Waals surface area contributed by atoms with Gasteiger partial charge in [0.2, 0.25) is 15.9 Å². The smallest absolute Gasteiger partial charge is 0.241 e. The number of likely N-dealkylation sites (tertiary alicyclic amines) is 1. The maximum atomic E-state index is 13.2. The van der Waals surface area contributed by atoms with Crippen molar-refractivity contribution in [3.63, 3.8) is 0 Å². The number of benzene rings is 2. The number of ether oxygens (including phenoxy) is 2. The number of nitrogens with zero attached hydrogens (tertiary/aromatic N) is 2. The van der Waals surface area contributed by atoms with E-state index in [1.165, 1.54) is 6.07 Å². The first-order valence-corrected chi connectivity index (χ1v) is 11.8. The summed E-state index contributed by atoms with van der Waals surface area (Å²) in [6, 6.07) is 10.6. The van der Waals surface area contributed by atoms with E-state index in [1.54, 1.807) is 31.3 Å². The molecule has 0 aliphatic carbocycles. The Morgan fingerprint density at radius 2 is 1.94 bits per heavy atom. The van der Waals surface area contributed by atoms with Crippen molar-refractivity contribution >= 4 is 21.6 Å². The highest BCUT2D eigenvalue weighted by Crippen LogP contribution is 2.39. The minimum absolute atomic E-state index is 0.00137. The molecule has 1 fully saturated rings. The Hall–Kier alpha value is -2.62. The Morgan fingerprint density at radius 1 is 1.13 bits per heavy atom. The Kier molecular flexibility index (Phi) is 5.92. The van der Waals surface area contributed by atoms with E-state index in [2.05, 4.69) is 4.90 Å². The number of sulfonamides is 1. The number of nitrogens with two attached hydrogens (primary N) is 1. The maximum absolute atomic E-state index is 13.2. The average molecular weight is 446 g/mol. The average Bonchev–Trinajstić information content (AvgIpc) is 3.38. The summed E-state index contributed by atoms with van der Waals surface area (Å²) in [6.07, 6.45) is 2.56. The van der Waals surface area contributed by atoms with Gasteiger partial charge >= 0.3 is 0 Å². The van der Waals surface area contributed by atoms with E-state index in [1.807, 2.05) is 18.2 Å². The molecular formula is C22H27N3O5S. The van der Waals surface area contributed by atoms with E-state index in [0.717, 1.165) is 47.7 Å². The van der Waals surface area contributed by atoms with E-state index in [-0.39, 0.29) is 23.4 Å². The van der Waals surface area contributed by atoms with Crippen molar-refractivity contribution in [1.82, 2.24) is 4.90 Å². The third kappa shape index (κ3) is 4.26. The highest BCUT2D eigenvalue weighted by Gasteiger charge is 2.33. The van der Waals surface area contributed by atoms with Crippen molar-refractivity contribution in [2.75, 3.05) is 38.8 Å².